The van der Waals surface area contributed by atoms with Crippen LogP contribution in [0.4, 0.5) is 5.69 Å². The van der Waals surface area contributed by atoms with Crippen LogP contribution in [0, 0.1) is 6.92 Å². The van der Waals surface area contributed by atoms with Crippen molar-refractivity contribution in [2.45, 2.75) is 6.92 Å². The van der Waals surface area contributed by atoms with Crippen molar-refractivity contribution in [2.24, 2.45) is 0 Å². The first-order valence-electron chi connectivity index (χ1n) is 6.38. The lowest BCUT2D eigenvalue weighted by Crippen LogP contribution is -2.43. The lowest BCUT2D eigenvalue weighted by atomic mass is 10.1. The monoisotopic (exact) mass is 375 g/mol. The topological polar surface area (TPSA) is 28.2 Å². The summed E-state index contributed by atoms with van der Waals surface area (Å²) in [5, 5.41) is 5.25. The minimum atomic E-state index is 0. The Kier molecular flexibility index (Phi) is 5.13. The van der Waals surface area contributed by atoms with Crippen molar-refractivity contribution in [3.63, 3.8) is 0 Å². The van der Waals surface area contributed by atoms with Crippen LogP contribution in [-0.4, -0.2) is 31.2 Å². The van der Waals surface area contributed by atoms with Crippen molar-refractivity contribution in [3.05, 3.63) is 33.4 Å². The number of nitrogens with one attached hydrogen (secondary N) is 1. The Bertz CT molecular complexity index is 627. The predicted molar refractivity (Wildman–Crippen MR) is 91.5 cm³/mol. The molecule has 1 aliphatic heterocycles. The number of aryl methyl sites for hydroxylation is 1. The predicted octanol–water partition coefficient (Wildman–Crippen LogP) is 3.79. The smallest absolute Gasteiger partial charge is 0.0727 e. The van der Waals surface area contributed by atoms with Crippen LogP contribution in [0.25, 0.3) is 10.9 Å². The molecule has 0 unspecified atom stereocenters. The molecule has 0 bridgehead atoms. The molecule has 3 rings (SSSR count). The van der Waals surface area contributed by atoms with E-state index in [0.29, 0.717) is 0 Å². The van der Waals surface area contributed by atoms with Gasteiger partial charge in [0.1, 0.15) is 0 Å². The van der Waals surface area contributed by atoms with E-state index in [0.717, 1.165) is 52.3 Å². The Morgan fingerprint density at radius 1 is 1.30 bits per heavy atom. The largest absolute Gasteiger partial charge is 0.367 e. The standard InChI is InChI=1S/C14H15BrClN3.ClH/c1-9-13(15)14(19-6-4-17-5-7-19)11-8-10(16)2-3-12(11)18-9;/h2-3,8,17H,4-7H2,1H3;1H. The van der Waals surface area contributed by atoms with E-state index in [1.807, 2.05) is 25.1 Å². The van der Waals surface area contributed by atoms with Crippen molar-refractivity contribution in [3.8, 4) is 0 Å². The van der Waals surface area contributed by atoms with Gasteiger partial charge in [0.15, 0.2) is 0 Å². The number of hydrogen-bond acceptors (Lipinski definition) is 3. The van der Waals surface area contributed by atoms with E-state index < -0.39 is 0 Å². The summed E-state index contributed by atoms with van der Waals surface area (Å²) < 4.78 is 1.07. The van der Waals surface area contributed by atoms with Crippen LogP contribution in [0.1, 0.15) is 5.69 Å². The molecular formula is C14H16BrCl2N3. The Morgan fingerprint density at radius 3 is 2.70 bits per heavy atom. The molecule has 1 aliphatic rings. The van der Waals surface area contributed by atoms with Gasteiger partial charge in [-0.25, -0.2) is 0 Å². The molecule has 0 saturated carbocycles. The molecule has 0 atom stereocenters. The zero-order chi connectivity index (χ0) is 13.4. The molecule has 1 N–H and O–H groups in total. The van der Waals surface area contributed by atoms with Crippen molar-refractivity contribution in [1.82, 2.24) is 10.3 Å². The number of aromatic nitrogens is 1. The Labute approximate surface area is 138 Å². The molecule has 0 spiro atoms. The Hall–Kier alpha value is -0.550. The van der Waals surface area contributed by atoms with Gasteiger partial charge in [-0.3, -0.25) is 4.98 Å². The van der Waals surface area contributed by atoms with E-state index in [4.69, 9.17) is 11.6 Å². The summed E-state index contributed by atoms with van der Waals surface area (Å²) in [5.41, 5.74) is 3.23. The zero-order valence-electron chi connectivity index (χ0n) is 11.1. The molecule has 108 valence electrons. The van der Waals surface area contributed by atoms with Gasteiger partial charge in [-0.05, 0) is 41.1 Å². The maximum Gasteiger partial charge on any atom is 0.0727 e. The van der Waals surface area contributed by atoms with Gasteiger partial charge in [-0.15, -0.1) is 12.4 Å². The first-order chi connectivity index (χ1) is 9.16. The Morgan fingerprint density at radius 2 is 2.00 bits per heavy atom. The van der Waals surface area contributed by atoms with Crippen molar-refractivity contribution >= 4 is 56.5 Å². The van der Waals surface area contributed by atoms with Crippen molar-refractivity contribution in [1.29, 1.82) is 0 Å². The highest BCUT2D eigenvalue weighted by Gasteiger charge is 2.18. The number of benzene rings is 1. The van der Waals surface area contributed by atoms with Gasteiger partial charge in [0, 0.05) is 36.6 Å². The van der Waals surface area contributed by atoms with E-state index in [9.17, 15) is 0 Å². The van der Waals surface area contributed by atoms with Crippen molar-refractivity contribution < 1.29 is 0 Å². The van der Waals surface area contributed by atoms with Crippen molar-refractivity contribution in [2.75, 3.05) is 31.1 Å². The maximum absolute atomic E-state index is 6.15. The summed E-state index contributed by atoms with van der Waals surface area (Å²) in [6.45, 7) is 6.06. The number of rotatable bonds is 1. The Balaban J connectivity index is 0.00000147. The summed E-state index contributed by atoms with van der Waals surface area (Å²) in [6.07, 6.45) is 0. The van der Waals surface area contributed by atoms with E-state index in [1.165, 1.54) is 5.69 Å². The highest BCUT2D eigenvalue weighted by molar-refractivity contribution is 9.10. The number of fused-ring (bicyclic) bond motifs is 1. The highest BCUT2D eigenvalue weighted by atomic mass is 79.9. The van der Waals surface area contributed by atoms with E-state index in [-0.39, 0.29) is 12.4 Å². The first-order valence-corrected chi connectivity index (χ1v) is 7.55. The molecule has 1 fully saturated rings. The van der Waals surface area contributed by atoms with E-state index in [2.05, 4.69) is 31.1 Å². The quantitative estimate of drug-likeness (QED) is 0.820. The summed E-state index contributed by atoms with van der Waals surface area (Å²) in [6, 6.07) is 5.89. The number of halogens is 3. The zero-order valence-corrected chi connectivity index (χ0v) is 14.3. The SMILES string of the molecule is Cc1nc2ccc(Cl)cc2c(N2CCNCC2)c1Br.Cl. The minimum absolute atomic E-state index is 0. The second-order valence-electron chi connectivity index (χ2n) is 4.76. The second-order valence-corrected chi connectivity index (χ2v) is 5.99. The molecule has 20 heavy (non-hydrogen) atoms. The summed E-state index contributed by atoms with van der Waals surface area (Å²) in [4.78, 5) is 7.02. The molecule has 2 heterocycles. The molecule has 3 nitrogen and oxygen atoms in total. The van der Waals surface area contributed by atoms with Gasteiger partial charge in [0.25, 0.3) is 0 Å². The fraction of sp³-hybridized carbons (Fsp3) is 0.357. The summed E-state index contributed by atoms with van der Waals surface area (Å²) in [7, 11) is 0. The highest BCUT2D eigenvalue weighted by Crippen LogP contribution is 2.36. The molecule has 0 aliphatic carbocycles. The summed E-state index contributed by atoms with van der Waals surface area (Å²) in [5.74, 6) is 0. The number of nitrogens with zero attached hydrogens (tertiary/aromatic N) is 2. The average Bonchev–Trinajstić information content (AvgIpc) is 2.42. The third-order valence-electron chi connectivity index (χ3n) is 3.46. The molecule has 0 radical (unpaired) electrons. The third kappa shape index (κ3) is 2.89. The molecule has 0 amide bonds. The van der Waals surface area contributed by atoms with Gasteiger partial charge in [-0.2, -0.15) is 0 Å². The lowest BCUT2D eigenvalue weighted by Gasteiger charge is -2.31. The van der Waals surface area contributed by atoms with Crippen LogP contribution < -0.4 is 10.2 Å². The lowest BCUT2D eigenvalue weighted by molar-refractivity contribution is 0.589. The molecule has 1 aromatic heterocycles. The third-order valence-corrected chi connectivity index (χ3v) is 4.65. The number of hydrogen-bond donors (Lipinski definition) is 1. The van der Waals surface area contributed by atoms with Gasteiger partial charge in [-0.1, -0.05) is 11.6 Å². The van der Waals surface area contributed by atoms with E-state index in [1.54, 1.807) is 0 Å². The second kappa shape index (κ2) is 6.48. The maximum atomic E-state index is 6.15. The van der Waals surface area contributed by atoms with Crippen LogP contribution in [0.15, 0.2) is 22.7 Å². The van der Waals surface area contributed by atoms with Crippen LogP contribution in [-0.2, 0) is 0 Å². The van der Waals surface area contributed by atoms with Gasteiger partial charge >= 0.3 is 0 Å². The van der Waals surface area contributed by atoms with Gasteiger partial charge in [0.2, 0.25) is 0 Å². The molecule has 6 heteroatoms. The fourth-order valence-corrected chi connectivity index (χ4v) is 3.24. The minimum Gasteiger partial charge on any atom is -0.367 e. The molecular weight excluding hydrogens is 361 g/mol. The summed E-state index contributed by atoms with van der Waals surface area (Å²) >= 11 is 9.84. The molecule has 1 aromatic carbocycles. The first kappa shape index (κ1) is 15.8. The van der Waals surface area contributed by atoms with Gasteiger partial charge in [0.05, 0.1) is 21.4 Å². The van der Waals surface area contributed by atoms with E-state index >= 15 is 0 Å². The van der Waals surface area contributed by atoms with Gasteiger partial charge < -0.3 is 10.2 Å². The van der Waals surface area contributed by atoms with Crippen LogP contribution in [0.3, 0.4) is 0 Å². The molecule has 2 aromatic rings. The molecule has 1 saturated heterocycles. The van der Waals surface area contributed by atoms with Crippen LogP contribution in [0.5, 0.6) is 0 Å². The van der Waals surface area contributed by atoms with Crippen LogP contribution >= 0.6 is 39.9 Å². The number of pyridine rings is 1. The number of anilines is 1. The normalized spacial score (nSPS) is 15.2. The average molecular weight is 377 g/mol. The fourth-order valence-electron chi connectivity index (χ4n) is 2.51. The van der Waals surface area contributed by atoms with Crippen LogP contribution in [0.2, 0.25) is 5.02 Å². The number of piperazine rings is 1.